The Morgan fingerprint density at radius 3 is 2.83 bits per heavy atom. The molecular weight excluding hydrogens is 348 g/mol. The van der Waals surface area contributed by atoms with Gasteiger partial charge in [0.15, 0.2) is 11.6 Å². The lowest BCUT2D eigenvalue weighted by molar-refractivity contribution is 0.0357. The molecule has 1 saturated heterocycles. The van der Waals surface area contributed by atoms with Gasteiger partial charge < -0.3 is 9.47 Å². The average molecular weight is 365 g/mol. The summed E-state index contributed by atoms with van der Waals surface area (Å²) in [5, 5.41) is 0. The maximum atomic E-state index is 13.5. The zero-order valence-electron chi connectivity index (χ0n) is 10.2. The third-order valence-electron chi connectivity index (χ3n) is 2.87. The van der Waals surface area contributed by atoms with Gasteiger partial charge >= 0.3 is 0 Å². The minimum Gasteiger partial charge on any atom is -0.490 e. The van der Waals surface area contributed by atoms with Crippen LogP contribution < -0.4 is 4.74 Å². The summed E-state index contributed by atoms with van der Waals surface area (Å²) in [4.78, 5) is 2.34. The molecule has 100 valence electrons. The molecule has 0 spiro atoms. The molecule has 1 aromatic carbocycles. The molecule has 1 fully saturated rings. The van der Waals surface area contributed by atoms with Crippen LogP contribution in [-0.2, 0) is 4.74 Å². The topological polar surface area (TPSA) is 21.7 Å². The zero-order chi connectivity index (χ0) is 12.8. The van der Waals surface area contributed by atoms with Gasteiger partial charge in [-0.1, -0.05) is 0 Å². The van der Waals surface area contributed by atoms with Crippen molar-refractivity contribution in [3.63, 3.8) is 0 Å². The van der Waals surface area contributed by atoms with E-state index in [1.807, 2.05) is 6.07 Å². The second kappa shape index (κ2) is 7.25. The highest BCUT2D eigenvalue weighted by molar-refractivity contribution is 14.1. The van der Waals surface area contributed by atoms with Gasteiger partial charge in [-0.15, -0.1) is 0 Å². The summed E-state index contributed by atoms with van der Waals surface area (Å²) in [6.45, 7) is 5.12. The van der Waals surface area contributed by atoms with Crippen LogP contribution in [0.4, 0.5) is 4.39 Å². The Labute approximate surface area is 120 Å². The van der Waals surface area contributed by atoms with E-state index in [1.165, 1.54) is 6.07 Å². The van der Waals surface area contributed by atoms with E-state index in [4.69, 9.17) is 9.47 Å². The van der Waals surface area contributed by atoms with Crippen molar-refractivity contribution in [2.45, 2.75) is 6.42 Å². The lowest BCUT2D eigenvalue weighted by atomic mass is 10.3. The molecule has 0 aromatic heterocycles. The highest BCUT2D eigenvalue weighted by atomic mass is 127. The first kappa shape index (κ1) is 14.0. The smallest absolute Gasteiger partial charge is 0.166 e. The summed E-state index contributed by atoms with van der Waals surface area (Å²) in [6, 6.07) is 5.02. The van der Waals surface area contributed by atoms with Crippen molar-refractivity contribution in [2.24, 2.45) is 0 Å². The number of hydrogen-bond donors (Lipinski definition) is 0. The fraction of sp³-hybridized carbons (Fsp3) is 0.538. The molecule has 0 bridgehead atoms. The van der Waals surface area contributed by atoms with Crippen LogP contribution in [0.5, 0.6) is 5.75 Å². The van der Waals surface area contributed by atoms with Gasteiger partial charge in [-0.2, -0.15) is 0 Å². The lowest BCUT2D eigenvalue weighted by Crippen LogP contribution is -2.37. The van der Waals surface area contributed by atoms with E-state index in [0.717, 1.165) is 42.8 Å². The van der Waals surface area contributed by atoms with Gasteiger partial charge in [0.25, 0.3) is 0 Å². The van der Waals surface area contributed by atoms with Crippen LogP contribution >= 0.6 is 22.6 Å². The Morgan fingerprint density at radius 2 is 2.11 bits per heavy atom. The van der Waals surface area contributed by atoms with Crippen molar-refractivity contribution in [2.75, 3.05) is 39.5 Å². The Bertz CT molecular complexity index is 383. The Hall–Kier alpha value is -0.400. The third-order valence-corrected chi connectivity index (χ3v) is 3.54. The maximum absolute atomic E-state index is 13.5. The number of rotatable bonds is 5. The van der Waals surface area contributed by atoms with Crippen molar-refractivity contribution in [1.82, 2.24) is 4.90 Å². The summed E-state index contributed by atoms with van der Waals surface area (Å²) in [6.07, 6.45) is 0.908. The Morgan fingerprint density at radius 1 is 1.33 bits per heavy atom. The number of nitrogens with zero attached hydrogens (tertiary/aromatic N) is 1. The number of benzene rings is 1. The predicted octanol–water partition coefficient (Wildman–Crippen LogP) is 2.53. The molecular formula is C13H17FINO2. The second-order valence-electron chi connectivity index (χ2n) is 4.23. The molecule has 0 atom stereocenters. The summed E-state index contributed by atoms with van der Waals surface area (Å²) < 4.78 is 25.1. The first-order valence-electron chi connectivity index (χ1n) is 6.13. The van der Waals surface area contributed by atoms with Crippen LogP contribution in [0.2, 0.25) is 0 Å². The monoisotopic (exact) mass is 365 g/mol. The van der Waals surface area contributed by atoms with Crippen LogP contribution in [0, 0.1) is 9.39 Å². The van der Waals surface area contributed by atoms with Gasteiger partial charge in [0.1, 0.15) is 0 Å². The van der Waals surface area contributed by atoms with Gasteiger partial charge in [0.2, 0.25) is 0 Å². The predicted molar refractivity (Wildman–Crippen MR) is 76.5 cm³/mol. The summed E-state index contributed by atoms with van der Waals surface area (Å²) in [7, 11) is 0. The van der Waals surface area contributed by atoms with Gasteiger partial charge in [-0.3, -0.25) is 4.90 Å². The van der Waals surface area contributed by atoms with Crippen molar-refractivity contribution >= 4 is 22.6 Å². The minimum atomic E-state index is -0.284. The average Bonchev–Trinajstić information content (AvgIpc) is 2.38. The number of ether oxygens (including phenoxy) is 2. The van der Waals surface area contributed by atoms with Gasteiger partial charge in [0.05, 0.1) is 19.8 Å². The van der Waals surface area contributed by atoms with E-state index >= 15 is 0 Å². The number of hydrogen-bond acceptors (Lipinski definition) is 3. The molecule has 0 N–H and O–H groups in total. The number of morpholine rings is 1. The van der Waals surface area contributed by atoms with E-state index in [-0.39, 0.29) is 5.82 Å². The minimum absolute atomic E-state index is 0.284. The quantitative estimate of drug-likeness (QED) is 0.591. The van der Waals surface area contributed by atoms with E-state index in [9.17, 15) is 4.39 Å². The summed E-state index contributed by atoms with van der Waals surface area (Å²) in [5.41, 5.74) is 0. The molecule has 3 nitrogen and oxygen atoms in total. The fourth-order valence-corrected chi connectivity index (χ4v) is 2.34. The summed E-state index contributed by atoms with van der Waals surface area (Å²) in [5.74, 6) is 0.0608. The standard InChI is InChI=1S/C13H17FINO2/c14-12-10-11(15)2-3-13(12)18-7-1-4-16-5-8-17-9-6-16/h2-3,10H,1,4-9H2. The third kappa shape index (κ3) is 4.37. The van der Waals surface area contributed by atoms with Crippen LogP contribution in [0.3, 0.4) is 0 Å². The summed E-state index contributed by atoms with van der Waals surface area (Å²) >= 11 is 2.08. The van der Waals surface area contributed by atoms with E-state index in [1.54, 1.807) is 6.07 Å². The first-order chi connectivity index (χ1) is 8.75. The van der Waals surface area contributed by atoms with Crippen LogP contribution in [0.15, 0.2) is 18.2 Å². The highest BCUT2D eigenvalue weighted by Gasteiger charge is 2.09. The molecule has 2 rings (SSSR count). The SMILES string of the molecule is Fc1cc(I)ccc1OCCCN1CCOCC1. The van der Waals surface area contributed by atoms with Crippen LogP contribution in [-0.4, -0.2) is 44.4 Å². The molecule has 0 aliphatic carbocycles. The van der Waals surface area contributed by atoms with Gasteiger partial charge in [-0.05, 0) is 47.2 Å². The molecule has 0 saturated carbocycles. The lowest BCUT2D eigenvalue weighted by Gasteiger charge is -2.26. The van der Waals surface area contributed by atoms with Crippen molar-refractivity contribution in [3.05, 3.63) is 27.6 Å². The van der Waals surface area contributed by atoms with Crippen molar-refractivity contribution in [1.29, 1.82) is 0 Å². The molecule has 0 radical (unpaired) electrons. The Kier molecular flexibility index (Phi) is 5.65. The highest BCUT2D eigenvalue weighted by Crippen LogP contribution is 2.19. The molecule has 1 aromatic rings. The molecule has 0 unspecified atom stereocenters. The number of halogens is 2. The zero-order valence-corrected chi connectivity index (χ0v) is 12.4. The van der Waals surface area contributed by atoms with E-state index < -0.39 is 0 Å². The van der Waals surface area contributed by atoms with Gasteiger partial charge in [0, 0.05) is 23.2 Å². The van der Waals surface area contributed by atoms with Crippen LogP contribution in [0.1, 0.15) is 6.42 Å². The van der Waals surface area contributed by atoms with Crippen LogP contribution in [0.25, 0.3) is 0 Å². The molecule has 1 aliphatic heterocycles. The van der Waals surface area contributed by atoms with E-state index in [2.05, 4.69) is 27.5 Å². The van der Waals surface area contributed by atoms with Crippen molar-refractivity contribution in [3.8, 4) is 5.75 Å². The molecule has 0 amide bonds. The molecule has 1 aliphatic rings. The largest absolute Gasteiger partial charge is 0.490 e. The first-order valence-corrected chi connectivity index (χ1v) is 7.21. The maximum Gasteiger partial charge on any atom is 0.166 e. The normalized spacial score (nSPS) is 16.8. The Balaban J connectivity index is 1.68. The molecule has 1 heterocycles. The molecule has 18 heavy (non-hydrogen) atoms. The molecule has 5 heteroatoms. The van der Waals surface area contributed by atoms with Crippen molar-refractivity contribution < 1.29 is 13.9 Å². The fourth-order valence-electron chi connectivity index (χ4n) is 1.89. The second-order valence-corrected chi connectivity index (χ2v) is 5.48. The van der Waals surface area contributed by atoms with Gasteiger partial charge in [-0.25, -0.2) is 4.39 Å². The van der Waals surface area contributed by atoms with E-state index in [0.29, 0.717) is 12.4 Å².